The van der Waals surface area contributed by atoms with Crippen molar-refractivity contribution in [2.75, 3.05) is 0 Å². The van der Waals surface area contributed by atoms with Gasteiger partial charge in [-0.3, -0.25) is 0 Å². The second kappa shape index (κ2) is 5.97. The predicted molar refractivity (Wildman–Crippen MR) is 78.7 cm³/mol. The summed E-state index contributed by atoms with van der Waals surface area (Å²) < 4.78 is 5.70. The minimum Gasteiger partial charge on any atom is -0.489 e. The molecule has 104 valence electrons. The van der Waals surface area contributed by atoms with Gasteiger partial charge >= 0.3 is 5.97 Å². The van der Waals surface area contributed by atoms with Crippen LogP contribution >= 0.6 is 11.6 Å². The average molecular weight is 291 g/mol. The Hall–Kier alpha value is -2.00. The van der Waals surface area contributed by atoms with E-state index in [1.165, 1.54) is 6.07 Å². The van der Waals surface area contributed by atoms with Crippen LogP contribution in [0.2, 0.25) is 5.02 Å². The fourth-order valence-corrected chi connectivity index (χ4v) is 2.16. The molecule has 0 amide bonds. The molecule has 0 aliphatic heterocycles. The Balaban J connectivity index is 2.13. The summed E-state index contributed by atoms with van der Waals surface area (Å²) in [4.78, 5) is 10.9. The Morgan fingerprint density at radius 3 is 2.55 bits per heavy atom. The van der Waals surface area contributed by atoms with Crippen molar-refractivity contribution in [2.45, 2.75) is 20.5 Å². The van der Waals surface area contributed by atoms with Crippen LogP contribution in [0.4, 0.5) is 0 Å². The van der Waals surface area contributed by atoms with E-state index in [2.05, 4.69) is 0 Å². The molecule has 0 saturated heterocycles. The predicted octanol–water partition coefficient (Wildman–Crippen LogP) is 4.23. The Labute approximate surface area is 122 Å². The Bertz CT molecular complexity index is 650. The zero-order chi connectivity index (χ0) is 14.7. The third-order valence-electron chi connectivity index (χ3n) is 3.01. The van der Waals surface area contributed by atoms with Gasteiger partial charge in [0.15, 0.2) is 0 Å². The molecule has 20 heavy (non-hydrogen) atoms. The summed E-state index contributed by atoms with van der Waals surface area (Å²) >= 11 is 6.14. The second-order valence-corrected chi connectivity index (χ2v) is 5.08. The summed E-state index contributed by atoms with van der Waals surface area (Å²) in [5.74, 6) is -0.284. The highest BCUT2D eigenvalue weighted by Gasteiger charge is 2.07. The highest BCUT2D eigenvalue weighted by molar-refractivity contribution is 6.31. The molecule has 4 heteroatoms. The van der Waals surface area contributed by atoms with E-state index in [1.807, 2.05) is 32.0 Å². The van der Waals surface area contributed by atoms with E-state index in [1.54, 1.807) is 12.1 Å². The highest BCUT2D eigenvalue weighted by atomic mass is 35.5. The monoisotopic (exact) mass is 290 g/mol. The molecule has 0 bridgehead atoms. The Morgan fingerprint density at radius 1 is 1.20 bits per heavy atom. The molecule has 0 unspecified atom stereocenters. The maximum atomic E-state index is 10.9. The van der Waals surface area contributed by atoms with Gasteiger partial charge < -0.3 is 9.84 Å². The lowest BCUT2D eigenvalue weighted by Gasteiger charge is -2.11. The van der Waals surface area contributed by atoms with Crippen molar-refractivity contribution in [3.05, 3.63) is 63.7 Å². The molecule has 0 radical (unpaired) electrons. The molecule has 0 heterocycles. The van der Waals surface area contributed by atoms with Gasteiger partial charge in [0.2, 0.25) is 0 Å². The maximum Gasteiger partial charge on any atom is 0.335 e. The van der Waals surface area contributed by atoms with Crippen molar-refractivity contribution in [1.29, 1.82) is 0 Å². The molecule has 3 nitrogen and oxygen atoms in total. The molecule has 0 saturated carbocycles. The first-order chi connectivity index (χ1) is 9.47. The average Bonchev–Trinajstić information content (AvgIpc) is 2.38. The first-order valence-corrected chi connectivity index (χ1v) is 6.57. The van der Waals surface area contributed by atoms with Crippen LogP contribution in [0.25, 0.3) is 0 Å². The van der Waals surface area contributed by atoms with Gasteiger partial charge in [-0.25, -0.2) is 4.79 Å². The van der Waals surface area contributed by atoms with E-state index < -0.39 is 5.97 Å². The van der Waals surface area contributed by atoms with Gasteiger partial charge in [-0.1, -0.05) is 23.7 Å². The number of hydrogen-bond donors (Lipinski definition) is 1. The molecule has 0 aromatic heterocycles. The number of halogens is 1. The van der Waals surface area contributed by atoms with Crippen molar-refractivity contribution in [3.63, 3.8) is 0 Å². The summed E-state index contributed by atoms with van der Waals surface area (Å²) in [7, 11) is 0. The number of carboxylic acid groups (broad SMARTS) is 1. The van der Waals surface area contributed by atoms with E-state index in [0.717, 1.165) is 16.7 Å². The Morgan fingerprint density at radius 2 is 1.95 bits per heavy atom. The number of carboxylic acids is 1. The molecule has 0 atom stereocenters. The minimum atomic E-state index is -0.943. The number of hydrogen-bond acceptors (Lipinski definition) is 2. The molecular weight excluding hydrogens is 276 g/mol. The normalized spacial score (nSPS) is 10.3. The lowest BCUT2D eigenvalue weighted by molar-refractivity contribution is 0.0696. The molecule has 2 rings (SSSR count). The van der Waals surface area contributed by atoms with Crippen molar-refractivity contribution in [3.8, 4) is 5.75 Å². The number of carbonyl (C=O) groups is 1. The van der Waals surface area contributed by atoms with Gasteiger partial charge in [-0.05, 0) is 49.2 Å². The van der Waals surface area contributed by atoms with Crippen molar-refractivity contribution in [2.24, 2.45) is 0 Å². The van der Waals surface area contributed by atoms with Gasteiger partial charge in [0.05, 0.1) is 5.56 Å². The molecule has 2 aromatic carbocycles. The van der Waals surface area contributed by atoms with Crippen LogP contribution in [0.15, 0.2) is 36.4 Å². The van der Waals surface area contributed by atoms with Crippen LogP contribution in [0.1, 0.15) is 27.0 Å². The summed E-state index contributed by atoms with van der Waals surface area (Å²) in [6.07, 6.45) is 0. The van der Waals surface area contributed by atoms with Gasteiger partial charge in [0, 0.05) is 10.6 Å². The molecule has 2 aromatic rings. The number of ether oxygens (including phenoxy) is 1. The van der Waals surface area contributed by atoms with Crippen molar-refractivity contribution < 1.29 is 14.6 Å². The van der Waals surface area contributed by atoms with Crippen LogP contribution in [0, 0.1) is 13.8 Å². The van der Waals surface area contributed by atoms with E-state index in [9.17, 15) is 4.79 Å². The smallest absolute Gasteiger partial charge is 0.335 e. The largest absolute Gasteiger partial charge is 0.489 e. The zero-order valence-corrected chi connectivity index (χ0v) is 12.1. The standard InChI is InChI=1S/C16H15ClO3/c1-10-3-4-13(14(17)7-10)9-20-15-6-5-12(16(18)19)8-11(15)2/h3-8H,9H2,1-2H3,(H,18,19). The van der Waals surface area contributed by atoms with Crippen LogP contribution < -0.4 is 4.74 Å². The Kier molecular flexibility index (Phi) is 4.30. The topological polar surface area (TPSA) is 46.5 Å². The summed E-state index contributed by atoms with van der Waals surface area (Å²) in [6.45, 7) is 4.15. The van der Waals surface area contributed by atoms with Crippen LogP contribution in [0.5, 0.6) is 5.75 Å². The van der Waals surface area contributed by atoms with Crippen LogP contribution in [-0.2, 0) is 6.61 Å². The lowest BCUT2D eigenvalue weighted by atomic mass is 10.1. The van der Waals surface area contributed by atoms with Crippen molar-refractivity contribution >= 4 is 17.6 Å². The van der Waals surface area contributed by atoms with E-state index in [0.29, 0.717) is 17.4 Å². The molecular formula is C16H15ClO3. The van der Waals surface area contributed by atoms with E-state index >= 15 is 0 Å². The number of rotatable bonds is 4. The number of aryl methyl sites for hydroxylation is 2. The summed E-state index contributed by atoms with van der Waals surface area (Å²) in [5.41, 5.74) is 3.04. The summed E-state index contributed by atoms with van der Waals surface area (Å²) in [5, 5.41) is 9.58. The zero-order valence-electron chi connectivity index (χ0n) is 11.3. The van der Waals surface area contributed by atoms with E-state index in [4.69, 9.17) is 21.4 Å². The quantitative estimate of drug-likeness (QED) is 0.916. The first kappa shape index (κ1) is 14.4. The fraction of sp³-hybridized carbons (Fsp3) is 0.188. The maximum absolute atomic E-state index is 10.9. The van der Waals surface area contributed by atoms with Crippen LogP contribution in [0.3, 0.4) is 0 Å². The molecule has 0 aliphatic rings. The minimum absolute atomic E-state index is 0.253. The number of benzene rings is 2. The van der Waals surface area contributed by atoms with Gasteiger partial charge in [-0.2, -0.15) is 0 Å². The lowest BCUT2D eigenvalue weighted by Crippen LogP contribution is -2.01. The first-order valence-electron chi connectivity index (χ1n) is 6.19. The summed E-state index contributed by atoms with van der Waals surface area (Å²) in [6, 6.07) is 10.6. The van der Waals surface area contributed by atoms with Crippen molar-refractivity contribution in [1.82, 2.24) is 0 Å². The van der Waals surface area contributed by atoms with Gasteiger partial charge in [0.25, 0.3) is 0 Å². The van der Waals surface area contributed by atoms with Gasteiger partial charge in [0.1, 0.15) is 12.4 Å². The van der Waals surface area contributed by atoms with E-state index in [-0.39, 0.29) is 5.56 Å². The number of aromatic carboxylic acids is 1. The molecule has 1 N–H and O–H groups in total. The highest BCUT2D eigenvalue weighted by Crippen LogP contribution is 2.23. The SMILES string of the molecule is Cc1ccc(COc2ccc(C(=O)O)cc2C)c(Cl)c1. The van der Waals surface area contributed by atoms with Gasteiger partial charge in [-0.15, -0.1) is 0 Å². The third-order valence-corrected chi connectivity index (χ3v) is 3.37. The second-order valence-electron chi connectivity index (χ2n) is 4.67. The molecule has 0 aliphatic carbocycles. The van der Waals surface area contributed by atoms with Crippen LogP contribution in [-0.4, -0.2) is 11.1 Å². The molecule has 0 fully saturated rings. The molecule has 0 spiro atoms. The third kappa shape index (κ3) is 3.31. The fourth-order valence-electron chi connectivity index (χ4n) is 1.87.